The van der Waals surface area contributed by atoms with Gasteiger partial charge in [0.2, 0.25) is 0 Å². The molecule has 0 saturated carbocycles. The van der Waals surface area contributed by atoms with Crippen molar-refractivity contribution < 1.29 is 24.2 Å². The maximum atomic E-state index is 12.8. The fourth-order valence-corrected chi connectivity index (χ4v) is 4.32. The van der Waals surface area contributed by atoms with Gasteiger partial charge in [0.1, 0.15) is 11.1 Å². The normalized spacial score (nSPS) is 20.5. The van der Waals surface area contributed by atoms with E-state index >= 15 is 0 Å². The molecule has 1 N–H and O–H groups in total. The lowest BCUT2D eigenvalue weighted by molar-refractivity contribution is -0.150. The van der Waals surface area contributed by atoms with Crippen LogP contribution in [-0.2, 0) is 14.3 Å². The van der Waals surface area contributed by atoms with E-state index in [0.717, 1.165) is 18.0 Å². The Labute approximate surface area is 169 Å². The molecule has 9 heteroatoms. The van der Waals surface area contributed by atoms with Crippen molar-refractivity contribution in [3.63, 3.8) is 0 Å². The van der Waals surface area contributed by atoms with E-state index < -0.39 is 5.41 Å². The SMILES string of the molecule is CSc1ncccc1C(=O)N1CCC2(CC1)CC(CN(C)C)OC2=O.O=CO. The van der Waals surface area contributed by atoms with Crippen molar-refractivity contribution in [2.75, 3.05) is 40.0 Å². The Morgan fingerprint density at radius 1 is 1.46 bits per heavy atom. The number of hydrogen-bond acceptors (Lipinski definition) is 7. The zero-order valence-electron chi connectivity index (χ0n) is 16.5. The second kappa shape index (κ2) is 9.88. The van der Waals surface area contributed by atoms with Crippen LogP contribution in [0.25, 0.3) is 0 Å². The van der Waals surface area contributed by atoms with E-state index in [4.69, 9.17) is 14.6 Å². The van der Waals surface area contributed by atoms with Crippen molar-refractivity contribution in [1.29, 1.82) is 0 Å². The molecule has 0 bridgehead atoms. The fourth-order valence-electron chi connectivity index (χ4n) is 3.78. The highest BCUT2D eigenvalue weighted by atomic mass is 32.2. The minimum Gasteiger partial charge on any atom is -0.483 e. The second-order valence-electron chi connectivity index (χ2n) is 7.23. The number of carbonyl (C=O) groups excluding carboxylic acids is 2. The number of carboxylic acid groups (broad SMARTS) is 1. The zero-order valence-corrected chi connectivity index (χ0v) is 17.3. The van der Waals surface area contributed by atoms with Crippen LogP contribution in [0.5, 0.6) is 0 Å². The first-order valence-corrected chi connectivity index (χ1v) is 10.3. The molecule has 0 aromatic carbocycles. The number of aromatic nitrogens is 1. The predicted octanol–water partition coefficient (Wildman–Crippen LogP) is 1.60. The van der Waals surface area contributed by atoms with E-state index in [0.29, 0.717) is 31.5 Å². The zero-order chi connectivity index (χ0) is 20.7. The molecule has 8 nitrogen and oxygen atoms in total. The van der Waals surface area contributed by atoms with Crippen LogP contribution in [0.2, 0.25) is 0 Å². The molecule has 2 aliphatic heterocycles. The molecule has 3 rings (SSSR count). The Bertz CT molecular complexity index is 705. The van der Waals surface area contributed by atoms with Crippen LogP contribution in [0.3, 0.4) is 0 Å². The molecule has 3 heterocycles. The minimum atomic E-state index is -0.408. The summed E-state index contributed by atoms with van der Waals surface area (Å²) in [4.78, 5) is 41.8. The number of nitrogens with zero attached hydrogens (tertiary/aromatic N) is 3. The third-order valence-electron chi connectivity index (χ3n) is 5.10. The summed E-state index contributed by atoms with van der Waals surface area (Å²) >= 11 is 1.48. The van der Waals surface area contributed by atoms with Gasteiger partial charge in [-0.3, -0.25) is 14.4 Å². The number of ether oxygens (including phenoxy) is 1. The monoisotopic (exact) mass is 409 g/mol. The smallest absolute Gasteiger partial charge is 0.312 e. The van der Waals surface area contributed by atoms with Crippen molar-refractivity contribution in [3.8, 4) is 0 Å². The standard InChI is InChI=1S/C18H25N3O3S.CH2O2/c1-20(2)12-13-11-18(17(23)24-13)6-9-21(10-7-18)16(22)14-5-4-8-19-15(14)25-3;2-1-3/h4-5,8,13H,6-7,9-12H2,1-3H3;1H,(H,2,3). The van der Waals surface area contributed by atoms with Gasteiger partial charge in [-0.25, -0.2) is 4.98 Å². The van der Waals surface area contributed by atoms with E-state index in [1.165, 1.54) is 11.8 Å². The van der Waals surface area contributed by atoms with Crippen LogP contribution in [0.1, 0.15) is 29.6 Å². The van der Waals surface area contributed by atoms with Crippen molar-refractivity contribution in [3.05, 3.63) is 23.9 Å². The molecule has 154 valence electrons. The highest BCUT2D eigenvalue weighted by Crippen LogP contribution is 2.43. The molecule has 2 aliphatic rings. The Kier molecular flexibility index (Phi) is 7.82. The lowest BCUT2D eigenvalue weighted by Crippen LogP contribution is -2.45. The largest absolute Gasteiger partial charge is 0.483 e. The highest BCUT2D eigenvalue weighted by molar-refractivity contribution is 7.98. The molecular formula is C19H27N3O5S. The van der Waals surface area contributed by atoms with Gasteiger partial charge in [-0.2, -0.15) is 0 Å². The molecule has 2 saturated heterocycles. The van der Waals surface area contributed by atoms with Gasteiger partial charge in [-0.1, -0.05) is 0 Å². The predicted molar refractivity (Wildman–Crippen MR) is 105 cm³/mol. The average Bonchev–Trinajstić information content (AvgIpc) is 2.96. The van der Waals surface area contributed by atoms with Crippen molar-refractivity contribution >= 4 is 30.1 Å². The van der Waals surface area contributed by atoms with Crippen molar-refractivity contribution in [2.45, 2.75) is 30.4 Å². The lowest BCUT2D eigenvalue weighted by atomic mass is 9.76. The first-order chi connectivity index (χ1) is 13.4. The summed E-state index contributed by atoms with van der Waals surface area (Å²) in [5.74, 6) is -0.0823. The Balaban J connectivity index is 0.000000878. The number of likely N-dealkylation sites (N-methyl/N-ethyl adjacent to an activating group) is 1. The van der Waals surface area contributed by atoms with Crippen molar-refractivity contribution in [2.24, 2.45) is 5.41 Å². The Hall–Kier alpha value is -2.13. The molecule has 2 fully saturated rings. The van der Waals surface area contributed by atoms with Crippen LogP contribution in [0, 0.1) is 5.41 Å². The van der Waals surface area contributed by atoms with E-state index in [2.05, 4.69) is 4.98 Å². The number of esters is 1. The summed E-state index contributed by atoms with van der Waals surface area (Å²) in [6, 6.07) is 3.61. The van der Waals surface area contributed by atoms with Gasteiger partial charge in [0.15, 0.2) is 0 Å². The number of pyridine rings is 1. The van der Waals surface area contributed by atoms with Gasteiger partial charge < -0.3 is 19.6 Å². The molecular weight excluding hydrogens is 382 g/mol. The molecule has 1 unspecified atom stereocenters. The minimum absolute atomic E-state index is 0.00325. The number of likely N-dealkylation sites (tertiary alicyclic amines) is 1. The summed E-state index contributed by atoms with van der Waals surface area (Å²) in [6.07, 6.45) is 5.70. The van der Waals surface area contributed by atoms with Gasteiger partial charge in [-0.05, 0) is 45.3 Å². The Morgan fingerprint density at radius 2 is 2.11 bits per heavy atom. The molecule has 1 aromatic rings. The molecule has 0 radical (unpaired) electrons. The first kappa shape index (κ1) is 22.2. The maximum Gasteiger partial charge on any atom is 0.312 e. The van der Waals surface area contributed by atoms with E-state index in [1.54, 1.807) is 12.3 Å². The highest BCUT2D eigenvalue weighted by Gasteiger charge is 2.50. The number of thioether (sulfide) groups is 1. The molecule has 1 atom stereocenters. The quantitative estimate of drug-likeness (QED) is 0.455. The second-order valence-corrected chi connectivity index (χ2v) is 8.03. The summed E-state index contributed by atoms with van der Waals surface area (Å²) in [5.41, 5.74) is 0.236. The molecule has 1 amide bonds. The number of rotatable bonds is 4. The van der Waals surface area contributed by atoms with Crippen LogP contribution in [-0.4, -0.2) is 84.3 Å². The lowest BCUT2D eigenvalue weighted by Gasteiger charge is -2.36. The number of piperidine rings is 1. The van der Waals surface area contributed by atoms with Gasteiger partial charge in [0, 0.05) is 32.3 Å². The van der Waals surface area contributed by atoms with Crippen LogP contribution < -0.4 is 0 Å². The third kappa shape index (κ3) is 5.02. The van der Waals surface area contributed by atoms with E-state index in [-0.39, 0.29) is 24.5 Å². The summed E-state index contributed by atoms with van der Waals surface area (Å²) in [7, 11) is 3.97. The number of cyclic esters (lactones) is 1. The molecule has 28 heavy (non-hydrogen) atoms. The number of hydrogen-bond donors (Lipinski definition) is 1. The third-order valence-corrected chi connectivity index (χ3v) is 5.81. The van der Waals surface area contributed by atoms with Crippen molar-refractivity contribution in [1.82, 2.24) is 14.8 Å². The van der Waals surface area contributed by atoms with Crippen LogP contribution in [0.15, 0.2) is 23.4 Å². The summed E-state index contributed by atoms with van der Waals surface area (Å²) in [6.45, 7) is 1.68. The number of amides is 1. The van der Waals surface area contributed by atoms with Crippen LogP contribution >= 0.6 is 11.8 Å². The summed E-state index contributed by atoms with van der Waals surface area (Å²) < 4.78 is 5.58. The Morgan fingerprint density at radius 3 is 2.68 bits per heavy atom. The molecule has 1 spiro atoms. The number of carbonyl (C=O) groups is 3. The van der Waals surface area contributed by atoms with Gasteiger partial charge >= 0.3 is 5.97 Å². The molecule has 0 aliphatic carbocycles. The van der Waals surface area contributed by atoms with Gasteiger partial charge in [0.25, 0.3) is 12.4 Å². The maximum absolute atomic E-state index is 12.8. The topological polar surface area (TPSA) is 100 Å². The average molecular weight is 410 g/mol. The molecule has 1 aromatic heterocycles. The van der Waals surface area contributed by atoms with E-state index in [1.807, 2.05) is 36.2 Å². The van der Waals surface area contributed by atoms with Gasteiger partial charge in [0.05, 0.1) is 11.0 Å². The fraction of sp³-hybridized carbons (Fsp3) is 0.579. The summed E-state index contributed by atoms with van der Waals surface area (Å²) in [5, 5.41) is 7.64. The van der Waals surface area contributed by atoms with E-state index in [9.17, 15) is 9.59 Å². The van der Waals surface area contributed by atoms with Crippen LogP contribution in [0.4, 0.5) is 0 Å². The van der Waals surface area contributed by atoms with Gasteiger partial charge in [-0.15, -0.1) is 11.8 Å². The first-order valence-electron chi connectivity index (χ1n) is 9.09.